The van der Waals surface area contributed by atoms with Crippen molar-refractivity contribution < 1.29 is 18.1 Å². The quantitative estimate of drug-likeness (QED) is 0.429. The Morgan fingerprint density at radius 3 is 2.69 bits per heavy atom. The first-order valence-electron chi connectivity index (χ1n) is 10.7. The van der Waals surface area contributed by atoms with E-state index in [1.54, 1.807) is 18.6 Å². The Morgan fingerprint density at radius 2 is 2.03 bits per heavy atom. The van der Waals surface area contributed by atoms with Gasteiger partial charge in [-0.3, -0.25) is 14.7 Å². The molecule has 1 aromatic carbocycles. The minimum atomic E-state index is -3.94. The summed E-state index contributed by atoms with van der Waals surface area (Å²) < 4.78 is 36.3. The number of sulfonamides is 1. The summed E-state index contributed by atoms with van der Waals surface area (Å²) in [7, 11) is -2.38. The fourth-order valence-electron chi connectivity index (χ4n) is 4.21. The molecule has 0 spiro atoms. The summed E-state index contributed by atoms with van der Waals surface area (Å²) in [4.78, 5) is 23.4. The van der Waals surface area contributed by atoms with E-state index < -0.39 is 14.9 Å². The number of nitro benzene ring substituents is 1. The third-order valence-electron chi connectivity index (χ3n) is 6.07. The fraction of sp³-hybridized carbons (Fsp3) is 0.600. The Labute approximate surface area is 185 Å². The molecule has 32 heavy (non-hydrogen) atoms. The third-order valence-corrected chi connectivity index (χ3v) is 8.07. The number of piperidine rings is 1. The number of nitrogens with zero attached hydrogens (tertiary/aromatic N) is 5. The van der Waals surface area contributed by atoms with Gasteiger partial charge in [-0.05, 0) is 38.2 Å². The Kier molecular flexibility index (Phi) is 6.19. The molecule has 2 heterocycles. The van der Waals surface area contributed by atoms with Gasteiger partial charge in [0.15, 0.2) is 0 Å². The van der Waals surface area contributed by atoms with Crippen LogP contribution in [-0.4, -0.2) is 58.8 Å². The van der Waals surface area contributed by atoms with E-state index in [0.29, 0.717) is 43.9 Å². The number of nitro groups is 1. The topological polar surface area (TPSA) is 130 Å². The van der Waals surface area contributed by atoms with E-state index in [0.717, 1.165) is 18.9 Å². The third kappa shape index (κ3) is 4.21. The molecule has 0 amide bonds. The summed E-state index contributed by atoms with van der Waals surface area (Å²) in [5, 5.41) is 15.7. The van der Waals surface area contributed by atoms with Crippen LogP contribution in [0.15, 0.2) is 27.9 Å². The van der Waals surface area contributed by atoms with Crippen LogP contribution in [0, 0.1) is 17.0 Å². The molecule has 1 aromatic heterocycles. The van der Waals surface area contributed by atoms with Gasteiger partial charge in [0.05, 0.1) is 23.0 Å². The molecular weight excluding hydrogens is 438 g/mol. The van der Waals surface area contributed by atoms with Gasteiger partial charge in [-0.2, -0.15) is 9.40 Å². The van der Waals surface area contributed by atoms with Gasteiger partial charge >= 0.3 is 5.69 Å². The fourth-order valence-corrected chi connectivity index (χ4v) is 5.97. The predicted octanol–water partition coefficient (Wildman–Crippen LogP) is 1.81. The Bertz CT molecular complexity index is 1180. The van der Waals surface area contributed by atoms with Crippen molar-refractivity contribution in [1.82, 2.24) is 18.7 Å². The van der Waals surface area contributed by atoms with Crippen molar-refractivity contribution in [3.8, 4) is 0 Å². The van der Waals surface area contributed by atoms with E-state index in [-0.39, 0.29) is 34.8 Å². The molecule has 174 valence electrons. The van der Waals surface area contributed by atoms with E-state index >= 15 is 0 Å². The van der Waals surface area contributed by atoms with Gasteiger partial charge in [-0.15, -0.1) is 0 Å². The maximum atomic E-state index is 13.4. The van der Waals surface area contributed by atoms with Crippen molar-refractivity contribution in [1.29, 1.82) is 0 Å². The maximum absolute atomic E-state index is 13.4. The summed E-state index contributed by atoms with van der Waals surface area (Å²) in [6.07, 6.45) is 3.14. The van der Waals surface area contributed by atoms with Gasteiger partial charge < -0.3 is 4.74 Å². The number of hydrogen-bond acceptors (Lipinski definition) is 7. The van der Waals surface area contributed by atoms with Crippen molar-refractivity contribution in [3.05, 3.63) is 50.2 Å². The number of hydrogen-bond donors (Lipinski definition) is 0. The van der Waals surface area contributed by atoms with Crippen molar-refractivity contribution >= 4 is 15.7 Å². The first-order chi connectivity index (χ1) is 15.2. The number of non-ortho nitro benzene ring substituents is 1. The largest absolute Gasteiger partial charge is 0.383 e. The average molecular weight is 466 g/mol. The molecule has 1 saturated carbocycles. The van der Waals surface area contributed by atoms with E-state index in [9.17, 15) is 23.3 Å². The summed E-state index contributed by atoms with van der Waals surface area (Å²) in [6.45, 7) is 2.82. The van der Waals surface area contributed by atoms with Gasteiger partial charge in [-0.1, -0.05) is 6.07 Å². The number of ether oxygens (including phenoxy) is 1. The molecule has 1 unspecified atom stereocenters. The zero-order valence-electron chi connectivity index (χ0n) is 18.1. The molecule has 2 fully saturated rings. The zero-order valence-corrected chi connectivity index (χ0v) is 19.0. The summed E-state index contributed by atoms with van der Waals surface area (Å²) in [6, 6.07) is 3.98. The van der Waals surface area contributed by atoms with Crippen molar-refractivity contribution in [2.24, 2.45) is 0 Å². The molecule has 2 aliphatic rings. The maximum Gasteiger partial charge on any atom is 0.346 e. The number of aromatic nitrogens is 3. The van der Waals surface area contributed by atoms with Crippen LogP contribution < -0.4 is 5.69 Å². The first kappa shape index (κ1) is 22.6. The summed E-state index contributed by atoms with van der Waals surface area (Å²) in [5.74, 6) is 0.388. The van der Waals surface area contributed by atoms with Crippen LogP contribution in [0.5, 0.6) is 0 Å². The van der Waals surface area contributed by atoms with Gasteiger partial charge in [0, 0.05) is 44.3 Å². The number of rotatable bonds is 8. The van der Waals surface area contributed by atoms with Crippen molar-refractivity contribution in [2.75, 3.05) is 26.8 Å². The minimum absolute atomic E-state index is 0.0578. The van der Waals surface area contributed by atoms with Crippen LogP contribution in [0.1, 0.15) is 49.0 Å². The lowest BCUT2D eigenvalue weighted by Crippen LogP contribution is -2.40. The highest BCUT2D eigenvalue weighted by Gasteiger charge is 2.37. The highest BCUT2D eigenvalue weighted by atomic mass is 32.2. The number of methoxy groups -OCH3 is 1. The second-order valence-corrected chi connectivity index (χ2v) is 10.3. The van der Waals surface area contributed by atoms with Gasteiger partial charge in [0.2, 0.25) is 10.0 Å². The predicted molar refractivity (Wildman–Crippen MR) is 115 cm³/mol. The lowest BCUT2D eigenvalue weighted by Gasteiger charge is -2.31. The van der Waals surface area contributed by atoms with E-state index in [1.807, 2.05) is 0 Å². The molecule has 1 saturated heterocycles. The summed E-state index contributed by atoms with van der Waals surface area (Å²) in [5.41, 5.74) is 0.00714. The van der Waals surface area contributed by atoms with E-state index in [2.05, 4.69) is 5.10 Å². The van der Waals surface area contributed by atoms with Crippen LogP contribution >= 0.6 is 0 Å². The van der Waals surface area contributed by atoms with Crippen LogP contribution in [0.4, 0.5) is 5.69 Å². The summed E-state index contributed by atoms with van der Waals surface area (Å²) >= 11 is 0. The van der Waals surface area contributed by atoms with Crippen LogP contribution in [-0.2, 0) is 21.3 Å². The minimum Gasteiger partial charge on any atom is -0.383 e. The highest BCUT2D eigenvalue weighted by Crippen LogP contribution is 2.38. The van der Waals surface area contributed by atoms with Gasteiger partial charge in [0.25, 0.3) is 5.69 Å². The first-order valence-corrected chi connectivity index (χ1v) is 12.1. The molecule has 12 heteroatoms. The SMILES string of the molecule is COCCn1nc(C2CCCN(S(=O)(=O)c3cc([N+](=O)[O-])ccc3C)C2)n(C2CC2)c1=O. The van der Waals surface area contributed by atoms with Crippen LogP contribution in [0.3, 0.4) is 0 Å². The molecule has 0 radical (unpaired) electrons. The Hall–Kier alpha value is -2.57. The zero-order chi connectivity index (χ0) is 23.0. The lowest BCUT2D eigenvalue weighted by atomic mass is 9.99. The molecule has 0 N–H and O–H groups in total. The molecule has 11 nitrogen and oxygen atoms in total. The van der Waals surface area contributed by atoms with Crippen molar-refractivity contribution in [2.45, 2.75) is 56.0 Å². The van der Waals surface area contributed by atoms with E-state index in [4.69, 9.17) is 4.74 Å². The highest BCUT2D eigenvalue weighted by molar-refractivity contribution is 7.89. The second-order valence-electron chi connectivity index (χ2n) is 8.37. The molecule has 0 bridgehead atoms. The second kappa shape index (κ2) is 8.75. The van der Waals surface area contributed by atoms with Crippen LogP contribution in [0.2, 0.25) is 0 Å². The normalized spacial score (nSPS) is 19.9. The standard InChI is InChI=1S/C20H27N5O6S/c1-14-5-6-17(25(27)28)12-18(14)32(29,30)22-9-3-4-15(13-22)19-21-23(10-11-31-2)20(26)24(19)16-7-8-16/h5-6,12,15-16H,3-4,7-11,13H2,1-2H3. The van der Waals surface area contributed by atoms with Gasteiger partial charge in [-0.25, -0.2) is 17.9 Å². The molecule has 1 aliphatic carbocycles. The van der Waals surface area contributed by atoms with Crippen LogP contribution in [0.25, 0.3) is 0 Å². The van der Waals surface area contributed by atoms with Gasteiger partial charge in [0.1, 0.15) is 5.82 Å². The Balaban J connectivity index is 1.65. The molecule has 1 aliphatic heterocycles. The van der Waals surface area contributed by atoms with Crippen molar-refractivity contribution in [3.63, 3.8) is 0 Å². The lowest BCUT2D eigenvalue weighted by molar-refractivity contribution is -0.385. The number of aryl methyl sites for hydroxylation is 1. The smallest absolute Gasteiger partial charge is 0.346 e. The molecule has 2 aromatic rings. The number of benzene rings is 1. The molecule has 1 atom stereocenters. The monoisotopic (exact) mass is 465 g/mol. The molecular formula is C20H27N5O6S. The molecule has 4 rings (SSSR count). The van der Waals surface area contributed by atoms with E-state index in [1.165, 1.54) is 21.1 Å². The Morgan fingerprint density at radius 1 is 1.28 bits per heavy atom. The average Bonchev–Trinajstić information content (AvgIpc) is 3.55.